The Morgan fingerprint density at radius 2 is 0.545 bits per heavy atom. The third-order valence-electron chi connectivity index (χ3n) is 12.9. The Morgan fingerprint density at radius 1 is 0.303 bits per heavy atom. The van der Waals surface area contributed by atoms with Gasteiger partial charge in [-0.1, -0.05) is 250 Å². The number of unbranched alkanes of at least 4 members (excludes halogenated alkanes) is 36. The van der Waals surface area contributed by atoms with Gasteiger partial charge in [0.15, 0.2) is 6.10 Å². The zero-order valence-electron chi connectivity index (χ0n) is 44.2. The molecule has 0 rings (SSSR count). The Labute approximate surface area is 410 Å². The molecular weight excluding hydrogens is 817 g/mol. The van der Waals surface area contributed by atoms with Crippen molar-refractivity contribution in [3.63, 3.8) is 0 Å². The molecule has 0 aliphatic heterocycles. The third-order valence-corrected chi connectivity index (χ3v) is 12.9. The summed E-state index contributed by atoms with van der Waals surface area (Å²) in [4.78, 5) is 38.1. The maximum absolute atomic E-state index is 12.8. The maximum atomic E-state index is 12.8. The number of rotatable bonds is 53. The standard InChI is InChI=1S/C60H110O6/c1-4-7-10-13-16-19-22-25-27-29-31-32-35-38-41-44-47-50-53-59(62)65-56-57(55-64-58(61)52-49-46-43-40-37-34-24-21-18-15-12-9-6-3)66-60(63)54-51-48-45-42-39-36-33-30-28-26-23-20-17-14-11-8-5-2/h17,20,26,28,34,37,57H,4-16,18-19,21-25,27,29-33,35-36,38-56H2,1-3H3/b20-17-,28-26-,37-34-. The van der Waals surface area contributed by atoms with Crippen molar-refractivity contribution >= 4 is 17.9 Å². The lowest BCUT2D eigenvalue weighted by atomic mass is 10.0. The highest BCUT2D eigenvalue weighted by Crippen LogP contribution is 2.16. The monoisotopic (exact) mass is 927 g/mol. The van der Waals surface area contributed by atoms with Crippen LogP contribution < -0.4 is 0 Å². The fourth-order valence-electron chi connectivity index (χ4n) is 8.47. The van der Waals surface area contributed by atoms with Crippen molar-refractivity contribution in [3.05, 3.63) is 36.5 Å². The molecule has 0 radical (unpaired) electrons. The summed E-state index contributed by atoms with van der Waals surface area (Å²) in [7, 11) is 0. The molecule has 0 aliphatic rings. The van der Waals surface area contributed by atoms with E-state index in [4.69, 9.17) is 14.2 Å². The second kappa shape index (κ2) is 55.2. The number of ether oxygens (including phenoxy) is 3. The van der Waals surface area contributed by atoms with E-state index in [1.165, 1.54) is 186 Å². The van der Waals surface area contributed by atoms with Gasteiger partial charge < -0.3 is 14.2 Å². The van der Waals surface area contributed by atoms with Crippen molar-refractivity contribution in [3.8, 4) is 0 Å². The van der Waals surface area contributed by atoms with Gasteiger partial charge in [0.05, 0.1) is 0 Å². The van der Waals surface area contributed by atoms with Crippen molar-refractivity contribution in [1.29, 1.82) is 0 Å². The molecule has 0 aromatic rings. The van der Waals surface area contributed by atoms with E-state index in [1.54, 1.807) is 0 Å². The largest absolute Gasteiger partial charge is 0.462 e. The zero-order valence-corrected chi connectivity index (χ0v) is 44.2. The normalized spacial score (nSPS) is 12.2. The molecule has 0 aliphatic carbocycles. The molecule has 0 aromatic heterocycles. The van der Waals surface area contributed by atoms with Gasteiger partial charge in [0, 0.05) is 19.3 Å². The van der Waals surface area contributed by atoms with Gasteiger partial charge in [-0.05, 0) is 77.0 Å². The van der Waals surface area contributed by atoms with Gasteiger partial charge >= 0.3 is 17.9 Å². The van der Waals surface area contributed by atoms with Crippen LogP contribution in [0.3, 0.4) is 0 Å². The predicted octanol–water partition coefficient (Wildman–Crippen LogP) is 19.3. The van der Waals surface area contributed by atoms with Crippen LogP contribution in [0.25, 0.3) is 0 Å². The van der Waals surface area contributed by atoms with Gasteiger partial charge in [0.1, 0.15) is 13.2 Å². The van der Waals surface area contributed by atoms with E-state index in [-0.39, 0.29) is 31.1 Å². The van der Waals surface area contributed by atoms with E-state index in [0.29, 0.717) is 19.3 Å². The number of carbonyl (C=O) groups is 3. The van der Waals surface area contributed by atoms with E-state index in [1.807, 2.05) is 0 Å². The van der Waals surface area contributed by atoms with Crippen molar-refractivity contribution in [2.24, 2.45) is 0 Å². The molecule has 0 heterocycles. The number of hydrogen-bond acceptors (Lipinski definition) is 6. The second-order valence-corrected chi connectivity index (χ2v) is 19.6. The fraction of sp³-hybridized carbons (Fsp3) is 0.850. The van der Waals surface area contributed by atoms with Crippen molar-refractivity contribution in [2.75, 3.05) is 13.2 Å². The van der Waals surface area contributed by atoms with Crippen LogP contribution >= 0.6 is 0 Å². The smallest absolute Gasteiger partial charge is 0.306 e. The Kier molecular flexibility index (Phi) is 53.2. The van der Waals surface area contributed by atoms with Gasteiger partial charge in [-0.3, -0.25) is 14.4 Å². The third kappa shape index (κ3) is 52.6. The molecular formula is C60H110O6. The lowest BCUT2D eigenvalue weighted by molar-refractivity contribution is -0.167. The summed E-state index contributed by atoms with van der Waals surface area (Å²) < 4.78 is 16.9. The van der Waals surface area contributed by atoms with Crippen LogP contribution in [0, 0.1) is 0 Å². The molecule has 0 amide bonds. The lowest BCUT2D eigenvalue weighted by Crippen LogP contribution is -2.30. The zero-order chi connectivity index (χ0) is 47.9. The predicted molar refractivity (Wildman–Crippen MR) is 284 cm³/mol. The van der Waals surface area contributed by atoms with Crippen molar-refractivity contribution < 1.29 is 28.6 Å². The minimum Gasteiger partial charge on any atom is -0.462 e. The summed E-state index contributed by atoms with van der Waals surface area (Å²) in [6.45, 7) is 6.63. The molecule has 0 aromatic carbocycles. The highest BCUT2D eigenvalue weighted by molar-refractivity contribution is 5.71. The summed E-state index contributed by atoms with van der Waals surface area (Å²) in [5.41, 5.74) is 0. The SMILES string of the molecule is CCCCC/C=C\C/C=C\CCCCCCCCCC(=O)OC(COC(=O)CCCCC/C=C\CCCCCCCC)COC(=O)CCCCCCCCCCCCCCCCCCCC. The topological polar surface area (TPSA) is 78.9 Å². The van der Waals surface area contributed by atoms with E-state index >= 15 is 0 Å². The number of hydrogen-bond donors (Lipinski definition) is 0. The Bertz CT molecular complexity index is 1110. The molecule has 0 saturated heterocycles. The summed E-state index contributed by atoms with van der Waals surface area (Å²) in [5, 5.41) is 0. The molecule has 1 unspecified atom stereocenters. The molecule has 0 saturated carbocycles. The second-order valence-electron chi connectivity index (χ2n) is 19.6. The Morgan fingerprint density at radius 3 is 0.894 bits per heavy atom. The molecule has 66 heavy (non-hydrogen) atoms. The molecule has 1 atom stereocenters. The molecule has 0 fully saturated rings. The van der Waals surface area contributed by atoms with Crippen LogP contribution in [0.4, 0.5) is 0 Å². The fourth-order valence-corrected chi connectivity index (χ4v) is 8.47. The summed E-state index contributed by atoms with van der Waals surface area (Å²) in [5.74, 6) is -0.884. The van der Waals surface area contributed by atoms with Crippen molar-refractivity contribution in [2.45, 2.75) is 316 Å². The van der Waals surface area contributed by atoms with Crippen LogP contribution in [0.2, 0.25) is 0 Å². The van der Waals surface area contributed by atoms with Gasteiger partial charge in [-0.15, -0.1) is 0 Å². The van der Waals surface area contributed by atoms with Gasteiger partial charge in [-0.2, -0.15) is 0 Å². The average molecular weight is 928 g/mol. The van der Waals surface area contributed by atoms with Crippen LogP contribution in [-0.2, 0) is 28.6 Å². The van der Waals surface area contributed by atoms with E-state index in [0.717, 1.165) is 83.5 Å². The van der Waals surface area contributed by atoms with E-state index in [2.05, 4.69) is 57.2 Å². The van der Waals surface area contributed by atoms with Gasteiger partial charge in [-0.25, -0.2) is 0 Å². The van der Waals surface area contributed by atoms with Gasteiger partial charge in [0.25, 0.3) is 0 Å². The molecule has 6 heteroatoms. The van der Waals surface area contributed by atoms with Crippen molar-refractivity contribution in [1.82, 2.24) is 0 Å². The number of allylic oxidation sites excluding steroid dienone is 6. The number of carbonyl (C=O) groups excluding carboxylic acids is 3. The van der Waals surface area contributed by atoms with Crippen LogP contribution in [0.15, 0.2) is 36.5 Å². The first-order valence-corrected chi connectivity index (χ1v) is 29.0. The summed E-state index contributed by atoms with van der Waals surface area (Å²) >= 11 is 0. The first-order chi connectivity index (χ1) is 32.5. The molecule has 0 bridgehead atoms. The van der Waals surface area contributed by atoms with Crippen LogP contribution in [0.5, 0.6) is 0 Å². The quantitative estimate of drug-likeness (QED) is 0.0262. The maximum Gasteiger partial charge on any atom is 0.306 e. The first kappa shape index (κ1) is 63.6. The molecule has 6 nitrogen and oxygen atoms in total. The highest BCUT2D eigenvalue weighted by Gasteiger charge is 2.19. The van der Waals surface area contributed by atoms with E-state index in [9.17, 15) is 14.4 Å². The minimum absolute atomic E-state index is 0.0765. The lowest BCUT2D eigenvalue weighted by Gasteiger charge is -2.18. The summed E-state index contributed by atoms with van der Waals surface area (Å²) in [6.07, 6.45) is 65.6. The average Bonchev–Trinajstić information content (AvgIpc) is 3.31. The Balaban J connectivity index is 4.35. The Hall–Kier alpha value is -2.37. The number of esters is 3. The first-order valence-electron chi connectivity index (χ1n) is 29.0. The summed E-state index contributed by atoms with van der Waals surface area (Å²) in [6, 6.07) is 0. The van der Waals surface area contributed by atoms with E-state index < -0.39 is 6.10 Å². The highest BCUT2D eigenvalue weighted by atomic mass is 16.6. The molecule has 0 spiro atoms. The minimum atomic E-state index is -0.779. The molecule has 386 valence electrons. The van der Waals surface area contributed by atoms with Gasteiger partial charge in [0.2, 0.25) is 0 Å². The van der Waals surface area contributed by atoms with Crippen LogP contribution in [-0.4, -0.2) is 37.2 Å². The molecule has 0 N–H and O–H groups in total. The van der Waals surface area contributed by atoms with Crippen LogP contribution in [0.1, 0.15) is 310 Å².